The lowest BCUT2D eigenvalue weighted by molar-refractivity contribution is 1.15. The fraction of sp³-hybridized carbons (Fsp3) is 0.222. The van der Waals surface area contributed by atoms with Crippen LogP contribution in [0.4, 0.5) is 0 Å². The molecule has 0 aliphatic heterocycles. The van der Waals surface area contributed by atoms with E-state index >= 15 is 0 Å². The Labute approximate surface area is 181 Å². The Morgan fingerprint density at radius 1 is 0.967 bits per heavy atom. The van der Waals surface area contributed by atoms with Gasteiger partial charge < -0.3 is 0 Å². The van der Waals surface area contributed by atoms with Gasteiger partial charge in [0.05, 0.1) is 6.54 Å². The van der Waals surface area contributed by atoms with Crippen molar-refractivity contribution in [2.45, 2.75) is 34.1 Å². The van der Waals surface area contributed by atoms with Crippen molar-refractivity contribution in [1.29, 1.82) is 0 Å². The first-order valence-electron chi connectivity index (χ1n) is 10.2. The van der Waals surface area contributed by atoms with Crippen molar-refractivity contribution >= 4 is 18.4 Å². The summed E-state index contributed by atoms with van der Waals surface area (Å²) in [6, 6.07) is 14.4. The summed E-state index contributed by atoms with van der Waals surface area (Å²) < 4.78 is 0. The van der Waals surface area contributed by atoms with E-state index in [0.717, 1.165) is 23.1 Å². The number of aryl methyl sites for hydroxylation is 3. The van der Waals surface area contributed by atoms with Crippen LogP contribution in [0, 0.1) is 20.8 Å². The Morgan fingerprint density at radius 2 is 1.67 bits per heavy atom. The normalized spacial score (nSPS) is 13.0. The number of nitrogens with zero attached hydrogens (tertiary/aromatic N) is 3. The van der Waals surface area contributed by atoms with Crippen molar-refractivity contribution in [2.24, 2.45) is 15.0 Å². The van der Waals surface area contributed by atoms with Gasteiger partial charge in [0.1, 0.15) is 0 Å². The number of hydrogen-bond donors (Lipinski definition) is 0. The predicted molar refractivity (Wildman–Crippen MR) is 132 cm³/mol. The summed E-state index contributed by atoms with van der Waals surface area (Å²) in [7, 11) is 0. The highest BCUT2D eigenvalue weighted by Crippen LogP contribution is 2.14. The molecule has 3 heteroatoms. The molecule has 0 saturated heterocycles. The number of hydrogen-bond acceptors (Lipinski definition) is 1. The van der Waals surface area contributed by atoms with Crippen molar-refractivity contribution in [3.63, 3.8) is 0 Å². The van der Waals surface area contributed by atoms with E-state index in [4.69, 9.17) is 9.98 Å². The fourth-order valence-corrected chi connectivity index (χ4v) is 2.96. The number of benzene rings is 2. The molecule has 30 heavy (non-hydrogen) atoms. The van der Waals surface area contributed by atoms with Gasteiger partial charge in [-0.1, -0.05) is 91.4 Å². The second-order valence-electron chi connectivity index (χ2n) is 7.17. The molecule has 0 radical (unpaired) electrons. The number of rotatable bonds is 7. The Balaban J connectivity index is 2.42. The molecule has 0 heterocycles. The van der Waals surface area contributed by atoms with Crippen molar-refractivity contribution in [3.05, 3.63) is 107 Å². The molecule has 0 atom stereocenters. The molecule has 0 aromatic heterocycles. The topological polar surface area (TPSA) is 37.1 Å². The Bertz CT molecular complexity index is 1000. The molecular weight excluding hydrogens is 366 g/mol. The van der Waals surface area contributed by atoms with Gasteiger partial charge in [-0.05, 0) is 45.0 Å². The third kappa shape index (κ3) is 6.63. The van der Waals surface area contributed by atoms with Crippen molar-refractivity contribution in [1.82, 2.24) is 0 Å². The van der Waals surface area contributed by atoms with E-state index in [1.165, 1.54) is 16.7 Å². The SMILES string of the molecule is C=C/C(=C\C=C\C/N=C(\N=C(/N=C)c1ccc(C)cc1C)c1ccc(C)cc1)CC. The van der Waals surface area contributed by atoms with Gasteiger partial charge in [0, 0.05) is 11.1 Å². The van der Waals surface area contributed by atoms with Crippen LogP contribution in [0.5, 0.6) is 0 Å². The summed E-state index contributed by atoms with van der Waals surface area (Å²) >= 11 is 0. The third-order valence-corrected chi connectivity index (χ3v) is 4.76. The molecule has 0 unspecified atom stereocenters. The summed E-state index contributed by atoms with van der Waals surface area (Å²) in [6.07, 6.45) is 8.92. The minimum Gasteiger partial charge on any atom is -0.262 e. The van der Waals surface area contributed by atoms with E-state index in [-0.39, 0.29) is 0 Å². The lowest BCUT2D eigenvalue weighted by atomic mass is 10.0. The average Bonchev–Trinajstić information content (AvgIpc) is 2.74. The maximum atomic E-state index is 4.79. The minimum atomic E-state index is 0.522. The summed E-state index contributed by atoms with van der Waals surface area (Å²) in [5.41, 5.74) is 6.63. The molecule has 0 spiro atoms. The monoisotopic (exact) mass is 397 g/mol. The lowest BCUT2D eigenvalue weighted by Crippen LogP contribution is -2.07. The van der Waals surface area contributed by atoms with E-state index in [9.17, 15) is 0 Å². The molecule has 2 aromatic carbocycles. The van der Waals surface area contributed by atoms with Crippen molar-refractivity contribution in [2.75, 3.05) is 6.54 Å². The molecule has 3 nitrogen and oxygen atoms in total. The van der Waals surface area contributed by atoms with Gasteiger partial charge in [-0.15, -0.1) is 0 Å². The molecule has 0 saturated carbocycles. The highest BCUT2D eigenvalue weighted by molar-refractivity contribution is 6.13. The molecule has 154 valence electrons. The number of allylic oxidation sites excluding steroid dienone is 4. The smallest absolute Gasteiger partial charge is 0.161 e. The van der Waals surface area contributed by atoms with Gasteiger partial charge in [-0.3, -0.25) is 4.99 Å². The van der Waals surface area contributed by atoms with E-state index in [1.807, 2.05) is 36.4 Å². The molecule has 0 fully saturated rings. The average molecular weight is 398 g/mol. The molecule has 0 N–H and O–H groups in total. The highest BCUT2D eigenvalue weighted by atomic mass is 15.0. The molecule has 0 aliphatic carbocycles. The molecular formula is C27H31N3. The molecule has 2 aromatic rings. The Morgan fingerprint density at radius 3 is 2.27 bits per heavy atom. The zero-order valence-electron chi connectivity index (χ0n) is 18.5. The first kappa shape index (κ1) is 23.0. The van der Waals surface area contributed by atoms with Crippen LogP contribution >= 0.6 is 0 Å². The van der Waals surface area contributed by atoms with Crippen LogP contribution in [-0.4, -0.2) is 24.9 Å². The highest BCUT2D eigenvalue weighted by Gasteiger charge is 2.09. The first-order chi connectivity index (χ1) is 14.5. The van der Waals surface area contributed by atoms with Crippen LogP contribution < -0.4 is 0 Å². The van der Waals surface area contributed by atoms with Crippen molar-refractivity contribution < 1.29 is 0 Å². The van der Waals surface area contributed by atoms with Gasteiger partial charge in [0.2, 0.25) is 0 Å². The van der Waals surface area contributed by atoms with Crippen LogP contribution in [0.1, 0.15) is 41.2 Å². The predicted octanol–water partition coefficient (Wildman–Crippen LogP) is 6.58. The standard InChI is InChI=1S/C27H31N3/c1-7-23(8-2)11-9-10-18-29-26(24-15-12-20(3)13-16-24)30-27(28-6)25-17-14-21(4)19-22(25)5/h7,9-17,19H,1,6,8,18H2,2-5H3/b10-9+,23-11+,29-26-,30-27-. The van der Waals surface area contributed by atoms with E-state index in [0.29, 0.717) is 18.2 Å². The Kier molecular flexibility index (Phi) is 8.89. The molecule has 0 aliphatic rings. The lowest BCUT2D eigenvalue weighted by Gasteiger charge is -2.08. The minimum absolute atomic E-state index is 0.522. The fourth-order valence-electron chi connectivity index (χ4n) is 2.96. The summed E-state index contributed by atoms with van der Waals surface area (Å²) in [5.74, 6) is 1.22. The first-order valence-corrected chi connectivity index (χ1v) is 10.2. The third-order valence-electron chi connectivity index (χ3n) is 4.76. The second-order valence-corrected chi connectivity index (χ2v) is 7.17. The number of amidine groups is 2. The van der Waals surface area contributed by atoms with Crippen molar-refractivity contribution in [3.8, 4) is 0 Å². The summed E-state index contributed by atoms with van der Waals surface area (Å²) in [5, 5.41) is 0. The zero-order chi connectivity index (χ0) is 21.9. The second kappa shape index (κ2) is 11.6. The molecule has 2 rings (SSSR count). The van der Waals surface area contributed by atoms with Crippen LogP contribution in [0.2, 0.25) is 0 Å². The molecule has 0 amide bonds. The quantitative estimate of drug-likeness (QED) is 0.287. The Hall–Kier alpha value is -3.33. The largest absolute Gasteiger partial charge is 0.262 e. The van der Waals surface area contributed by atoms with E-state index in [2.05, 4.69) is 76.3 Å². The maximum Gasteiger partial charge on any atom is 0.161 e. The van der Waals surface area contributed by atoms with Gasteiger partial charge in [-0.2, -0.15) is 0 Å². The van der Waals surface area contributed by atoms with E-state index < -0.39 is 0 Å². The van der Waals surface area contributed by atoms with Crippen LogP contribution in [0.25, 0.3) is 0 Å². The summed E-state index contributed by atoms with van der Waals surface area (Å²) in [4.78, 5) is 13.7. The molecule has 0 bridgehead atoms. The van der Waals surface area contributed by atoms with Gasteiger partial charge in [-0.25, -0.2) is 9.98 Å². The van der Waals surface area contributed by atoms with Crippen LogP contribution in [0.15, 0.2) is 93.9 Å². The zero-order valence-corrected chi connectivity index (χ0v) is 18.5. The van der Waals surface area contributed by atoms with Gasteiger partial charge in [0.15, 0.2) is 11.7 Å². The van der Waals surface area contributed by atoms with Gasteiger partial charge in [0.25, 0.3) is 0 Å². The van der Waals surface area contributed by atoms with Crippen LogP contribution in [-0.2, 0) is 0 Å². The van der Waals surface area contributed by atoms with E-state index in [1.54, 1.807) is 0 Å². The number of aliphatic imine (C=N–C) groups is 3. The van der Waals surface area contributed by atoms with Crippen LogP contribution in [0.3, 0.4) is 0 Å². The summed E-state index contributed by atoms with van der Waals surface area (Å²) in [6.45, 7) is 16.4. The van der Waals surface area contributed by atoms with Gasteiger partial charge >= 0.3 is 0 Å². The maximum absolute atomic E-state index is 4.79.